The van der Waals surface area contributed by atoms with E-state index in [1.54, 1.807) is 6.20 Å². The van der Waals surface area contributed by atoms with Gasteiger partial charge in [-0.1, -0.05) is 6.07 Å². The molecule has 0 radical (unpaired) electrons. The minimum Gasteiger partial charge on any atom is -1.00 e. The van der Waals surface area contributed by atoms with Crippen LogP contribution >= 0.6 is 15.9 Å². The van der Waals surface area contributed by atoms with Crippen LogP contribution in [-0.4, -0.2) is 14.4 Å². The van der Waals surface area contributed by atoms with Gasteiger partial charge in [0.15, 0.2) is 18.9 Å². The highest BCUT2D eigenvalue weighted by Crippen LogP contribution is 2.16. The lowest BCUT2D eigenvalue weighted by atomic mass is 10.4. The summed E-state index contributed by atoms with van der Waals surface area (Å²) in [7, 11) is 0. The van der Waals surface area contributed by atoms with E-state index in [-0.39, 0.29) is 17.0 Å². The molecule has 3 aromatic heterocycles. The first-order valence-corrected chi connectivity index (χ1v) is 6.05. The maximum atomic E-state index is 4.49. The Kier molecular flexibility index (Phi) is 4.08. The van der Waals surface area contributed by atoms with E-state index < -0.39 is 0 Å². The van der Waals surface area contributed by atoms with Crippen LogP contribution in [0.15, 0.2) is 53.7 Å². The fraction of sp³-hybridized carbons (Fsp3) is 0.0833. The lowest BCUT2D eigenvalue weighted by Crippen LogP contribution is -3.00. The highest BCUT2D eigenvalue weighted by Gasteiger charge is 2.13. The molecule has 0 aliphatic carbocycles. The third-order valence-electron chi connectivity index (χ3n) is 2.52. The van der Waals surface area contributed by atoms with Crippen LogP contribution in [0.1, 0.15) is 5.69 Å². The minimum atomic E-state index is 0. The third kappa shape index (κ3) is 2.44. The van der Waals surface area contributed by atoms with Gasteiger partial charge in [0, 0.05) is 24.5 Å². The summed E-state index contributed by atoms with van der Waals surface area (Å²) in [6, 6.07) is 7.89. The Balaban J connectivity index is 0.00000120. The van der Waals surface area contributed by atoms with Crippen molar-refractivity contribution in [3.63, 3.8) is 0 Å². The maximum absolute atomic E-state index is 4.49. The molecular formula is C12H10Br2N4. The van der Waals surface area contributed by atoms with Gasteiger partial charge in [-0.2, -0.15) is 4.57 Å². The second-order valence-electron chi connectivity index (χ2n) is 3.69. The van der Waals surface area contributed by atoms with Crippen molar-refractivity contribution < 1.29 is 21.5 Å². The Bertz CT molecular complexity index is 651. The van der Waals surface area contributed by atoms with Gasteiger partial charge in [0.25, 0.3) is 0 Å². The molecule has 0 aliphatic rings. The standard InChI is InChI=1S/C12H10BrN4.BrH/c13-11-10(9-16-6-2-1-3-7-16)15-12-14-5-4-8-17(11)12;/h1-8H,9H2;1H/q+1;/p-1. The second-order valence-corrected chi connectivity index (χ2v) is 4.44. The molecule has 0 spiro atoms. The van der Waals surface area contributed by atoms with Crippen molar-refractivity contribution in [1.82, 2.24) is 14.4 Å². The molecule has 0 atom stereocenters. The molecule has 18 heavy (non-hydrogen) atoms. The molecule has 3 aromatic rings. The summed E-state index contributed by atoms with van der Waals surface area (Å²) in [5.41, 5.74) is 0.972. The molecule has 0 unspecified atom stereocenters. The normalized spacial score (nSPS) is 10.3. The van der Waals surface area contributed by atoms with Crippen LogP contribution in [0.25, 0.3) is 5.78 Å². The zero-order valence-electron chi connectivity index (χ0n) is 9.37. The van der Waals surface area contributed by atoms with Gasteiger partial charge in [-0.15, -0.1) is 0 Å². The van der Waals surface area contributed by atoms with Crippen LogP contribution in [0.5, 0.6) is 0 Å². The summed E-state index contributed by atoms with van der Waals surface area (Å²) in [6.07, 6.45) is 7.72. The molecule has 0 N–H and O–H groups in total. The number of hydrogen-bond acceptors (Lipinski definition) is 2. The first-order chi connectivity index (χ1) is 8.34. The zero-order valence-corrected chi connectivity index (χ0v) is 12.5. The summed E-state index contributed by atoms with van der Waals surface area (Å²) in [4.78, 5) is 8.71. The fourth-order valence-electron chi connectivity index (χ4n) is 1.72. The summed E-state index contributed by atoms with van der Waals surface area (Å²) in [5.74, 6) is 0.714. The number of hydrogen-bond donors (Lipinski definition) is 0. The predicted molar refractivity (Wildman–Crippen MR) is 66.4 cm³/mol. The van der Waals surface area contributed by atoms with Gasteiger partial charge in [-0.25, -0.2) is 9.97 Å². The zero-order chi connectivity index (χ0) is 11.7. The summed E-state index contributed by atoms with van der Waals surface area (Å²) < 4.78 is 4.96. The SMILES string of the molecule is Brc1c(C[n+]2ccccc2)nc2ncccn12.[Br-]. The van der Waals surface area contributed by atoms with Crippen LogP contribution in [-0.2, 0) is 6.54 Å². The largest absolute Gasteiger partial charge is 1.00 e. The number of nitrogens with zero attached hydrogens (tertiary/aromatic N) is 4. The topological polar surface area (TPSA) is 34.1 Å². The minimum absolute atomic E-state index is 0. The molecule has 3 heterocycles. The Hall–Kier alpha value is -1.27. The van der Waals surface area contributed by atoms with Crippen LogP contribution in [0.4, 0.5) is 0 Å². The summed E-state index contributed by atoms with van der Waals surface area (Å²) in [6.45, 7) is 0.727. The van der Waals surface area contributed by atoms with Crippen molar-refractivity contribution in [2.24, 2.45) is 0 Å². The van der Waals surface area contributed by atoms with E-state index in [2.05, 4.69) is 30.5 Å². The number of pyridine rings is 1. The van der Waals surface area contributed by atoms with Crippen LogP contribution in [0.3, 0.4) is 0 Å². The Morgan fingerprint density at radius 1 is 1.17 bits per heavy atom. The molecule has 0 bridgehead atoms. The highest BCUT2D eigenvalue weighted by molar-refractivity contribution is 9.10. The van der Waals surface area contributed by atoms with Gasteiger partial charge in [0.1, 0.15) is 10.3 Å². The molecular weight excluding hydrogens is 360 g/mol. The van der Waals surface area contributed by atoms with Crippen molar-refractivity contribution in [1.29, 1.82) is 0 Å². The molecule has 4 nitrogen and oxygen atoms in total. The van der Waals surface area contributed by atoms with Gasteiger partial charge < -0.3 is 17.0 Å². The molecule has 3 rings (SSSR count). The number of fused-ring (bicyclic) bond motifs is 1. The average Bonchev–Trinajstić information content (AvgIpc) is 2.68. The van der Waals surface area contributed by atoms with Crippen LogP contribution in [0.2, 0.25) is 0 Å². The van der Waals surface area contributed by atoms with E-state index in [0.29, 0.717) is 5.78 Å². The monoisotopic (exact) mass is 368 g/mol. The molecule has 0 saturated carbocycles. The van der Waals surface area contributed by atoms with Gasteiger partial charge in [0.05, 0.1) is 0 Å². The average molecular weight is 370 g/mol. The first-order valence-electron chi connectivity index (χ1n) is 5.26. The third-order valence-corrected chi connectivity index (χ3v) is 3.36. The molecule has 0 fully saturated rings. The van der Waals surface area contributed by atoms with E-state index >= 15 is 0 Å². The van der Waals surface area contributed by atoms with Gasteiger partial charge in [-0.3, -0.25) is 4.40 Å². The van der Waals surface area contributed by atoms with Gasteiger partial charge in [-0.05, 0) is 22.0 Å². The molecule has 0 aliphatic heterocycles. The quantitative estimate of drug-likeness (QED) is 0.533. The number of halogens is 2. The van der Waals surface area contributed by atoms with E-state index in [9.17, 15) is 0 Å². The van der Waals surface area contributed by atoms with Crippen molar-refractivity contribution >= 4 is 21.7 Å². The first kappa shape index (κ1) is 13.2. The highest BCUT2D eigenvalue weighted by atomic mass is 79.9. The maximum Gasteiger partial charge on any atom is 0.235 e. The van der Waals surface area contributed by atoms with E-state index in [1.807, 2.05) is 47.3 Å². The van der Waals surface area contributed by atoms with E-state index in [1.165, 1.54) is 0 Å². The van der Waals surface area contributed by atoms with Crippen molar-refractivity contribution in [3.05, 3.63) is 59.3 Å². The van der Waals surface area contributed by atoms with Crippen molar-refractivity contribution in [2.45, 2.75) is 6.54 Å². The second kappa shape index (κ2) is 5.58. The molecule has 0 saturated heterocycles. The number of imidazole rings is 1. The summed E-state index contributed by atoms with van der Waals surface area (Å²) in [5, 5.41) is 0. The molecule has 0 aromatic carbocycles. The molecule has 0 amide bonds. The number of aromatic nitrogens is 4. The van der Waals surface area contributed by atoms with E-state index in [0.717, 1.165) is 16.8 Å². The van der Waals surface area contributed by atoms with Crippen LogP contribution in [0, 0.1) is 0 Å². The predicted octanol–water partition coefficient (Wildman–Crippen LogP) is -1.17. The molecule has 92 valence electrons. The van der Waals surface area contributed by atoms with Crippen molar-refractivity contribution in [2.75, 3.05) is 0 Å². The Morgan fingerprint density at radius 2 is 1.94 bits per heavy atom. The van der Waals surface area contributed by atoms with Gasteiger partial charge >= 0.3 is 0 Å². The fourth-order valence-corrected chi connectivity index (χ4v) is 2.21. The Morgan fingerprint density at radius 3 is 2.67 bits per heavy atom. The molecule has 6 heteroatoms. The lowest BCUT2D eigenvalue weighted by Gasteiger charge is -1.94. The van der Waals surface area contributed by atoms with E-state index in [4.69, 9.17) is 0 Å². The number of rotatable bonds is 2. The lowest BCUT2D eigenvalue weighted by molar-refractivity contribution is -0.688. The smallest absolute Gasteiger partial charge is 0.235 e. The van der Waals surface area contributed by atoms with Crippen LogP contribution < -0.4 is 21.5 Å². The van der Waals surface area contributed by atoms with Gasteiger partial charge in [0.2, 0.25) is 5.78 Å². The summed E-state index contributed by atoms with van der Waals surface area (Å²) >= 11 is 3.56. The van der Waals surface area contributed by atoms with Crippen molar-refractivity contribution in [3.8, 4) is 0 Å². The Labute approximate surface area is 123 Å².